The van der Waals surface area contributed by atoms with Gasteiger partial charge in [-0.3, -0.25) is 14.6 Å². The first-order valence-corrected chi connectivity index (χ1v) is 10.1. The molecule has 1 saturated carbocycles. The summed E-state index contributed by atoms with van der Waals surface area (Å²) in [5, 5.41) is 11.5. The van der Waals surface area contributed by atoms with Crippen LogP contribution in [0.3, 0.4) is 0 Å². The molecule has 1 aliphatic rings. The summed E-state index contributed by atoms with van der Waals surface area (Å²) in [6.45, 7) is 2.18. The number of ether oxygens (including phenoxy) is 1. The van der Waals surface area contributed by atoms with Gasteiger partial charge in [0.2, 0.25) is 5.91 Å². The highest BCUT2D eigenvalue weighted by Crippen LogP contribution is 2.24. The lowest BCUT2D eigenvalue weighted by Gasteiger charge is -2.29. The number of nitrogens with zero attached hydrogens (tertiary/aromatic N) is 2. The highest BCUT2D eigenvalue weighted by Gasteiger charge is 2.22. The van der Waals surface area contributed by atoms with Gasteiger partial charge in [-0.05, 0) is 43.0 Å². The van der Waals surface area contributed by atoms with E-state index in [9.17, 15) is 9.59 Å². The molecule has 0 spiro atoms. The summed E-state index contributed by atoms with van der Waals surface area (Å²) < 4.78 is 5.11. The fourth-order valence-electron chi connectivity index (χ4n) is 3.24. The Labute approximate surface area is 162 Å². The molecule has 0 bridgehead atoms. The summed E-state index contributed by atoms with van der Waals surface area (Å²) in [6.07, 6.45) is 4.59. The van der Waals surface area contributed by atoms with Crippen molar-refractivity contribution in [1.82, 2.24) is 20.5 Å². The first-order valence-electron chi connectivity index (χ1n) is 9.10. The van der Waals surface area contributed by atoms with Crippen LogP contribution >= 0.6 is 11.8 Å². The van der Waals surface area contributed by atoms with E-state index in [1.165, 1.54) is 18.2 Å². The molecule has 2 N–H and O–H groups in total. The van der Waals surface area contributed by atoms with E-state index in [1.807, 2.05) is 0 Å². The zero-order valence-corrected chi connectivity index (χ0v) is 16.3. The van der Waals surface area contributed by atoms with Crippen molar-refractivity contribution in [1.29, 1.82) is 0 Å². The number of hydrogen-bond acceptors (Lipinski definition) is 6. The monoisotopic (exact) mass is 388 g/mol. The van der Waals surface area contributed by atoms with Gasteiger partial charge in [-0.2, -0.15) is 0 Å². The van der Waals surface area contributed by atoms with E-state index in [1.54, 1.807) is 31.4 Å². The number of carbonyl (C=O) groups excluding carboxylic acids is 1. The van der Waals surface area contributed by atoms with Gasteiger partial charge < -0.3 is 10.1 Å². The predicted octanol–water partition coefficient (Wildman–Crippen LogP) is 2.63. The lowest BCUT2D eigenvalue weighted by Crippen LogP contribution is -2.41. The van der Waals surface area contributed by atoms with Gasteiger partial charge in [-0.25, -0.2) is 0 Å². The molecule has 7 nitrogen and oxygen atoms in total. The second kappa shape index (κ2) is 9.03. The largest absolute Gasteiger partial charge is 0.497 e. The molecule has 1 amide bonds. The topological polar surface area (TPSA) is 97.0 Å². The molecular formula is C19H24N4O3S. The van der Waals surface area contributed by atoms with Crippen molar-refractivity contribution < 1.29 is 9.53 Å². The van der Waals surface area contributed by atoms with Gasteiger partial charge in [0.15, 0.2) is 10.9 Å². The number of methoxy groups -OCH3 is 1. The highest BCUT2D eigenvalue weighted by atomic mass is 32.2. The van der Waals surface area contributed by atoms with E-state index in [-0.39, 0.29) is 29.0 Å². The zero-order valence-electron chi connectivity index (χ0n) is 15.5. The van der Waals surface area contributed by atoms with E-state index >= 15 is 0 Å². The van der Waals surface area contributed by atoms with Crippen molar-refractivity contribution in [3.63, 3.8) is 0 Å². The van der Waals surface area contributed by atoms with E-state index in [0.29, 0.717) is 22.4 Å². The van der Waals surface area contributed by atoms with Gasteiger partial charge in [0.05, 0.1) is 12.9 Å². The number of amides is 1. The molecule has 1 aromatic heterocycles. The molecule has 8 heteroatoms. The lowest BCUT2D eigenvalue weighted by atomic mass is 9.86. The molecule has 0 aliphatic heterocycles. The van der Waals surface area contributed by atoms with Crippen molar-refractivity contribution in [2.45, 2.75) is 43.8 Å². The number of hydrogen-bond donors (Lipinski definition) is 2. The van der Waals surface area contributed by atoms with E-state index in [4.69, 9.17) is 4.74 Å². The van der Waals surface area contributed by atoms with Crippen LogP contribution in [-0.2, 0) is 4.79 Å². The van der Waals surface area contributed by atoms with Crippen LogP contribution in [0.5, 0.6) is 5.75 Å². The number of carbonyl (C=O) groups is 1. The zero-order chi connectivity index (χ0) is 19.2. The van der Waals surface area contributed by atoms with Gasteiger partial charge in [0.1, 0.15) is 5.75 Å². The molecule has 0 saturated heterocycles. The fourth-order valence-corrected chi connectivity index (χ4v) is 3.85. The number of aromatic amines is 1. The molecule has 2 unspecified atom stereocenters. The number of rotatable bonds is 6. The Kier molecular flexibility index (Phi) is 6.49. The maximum atomic E-state index is 12.3. The van der Waals surface area contributed by atoms with Crippen LogP contribution in [0.4, 0.5) is 0 Å². The molecule has 2 atom stereocenters. The maximum absolute atomic E-state index is 12.3. The molecule has 2 aromatic rings. The van der Waals surface area contributed by atoms with Gasteiger partial charge in [0.25, 0.3) is 5.56 Å². The highest BCUT2D eigenvalue weighted by molar-refractivity contribution is 7.99. The summed E-state index contributed by atoms with van der Waals surface area (Å²) in [5.41, 5.74) is 0.562. The lowest BCUT2D eigenvalue weighted by molar-refractivity contribution is -0.119. The standard InChI is InChI=1S/C19H24N4O3S/c1-12-5-3-4-6-15(12)20-16(24)11-27-19-21-18(25)17(22-23-19)13-7-9-14(26-2)10-8-13/h7-10,12,15H,3-6,11H2,1-2H3,(H,20,24)(H,21,23,25). The van der Waals surface area contributed by atoms with E-state index in [0.717, 1.165) is 19.3 Å². The molecule has 144 valence electrons. The van der Waals surface area contributed by atoms with Crippen molar-refractivity contribution in [2.24, 2.45) is 5.92 Å². The van der Waals surface area contributed by atoms with Crippen LogP contribution in [0.1, 0.15) is 32.6 Å². The van der Waals surface area contributed by atoms with Gasteiger partial charge >= 0.3 is 0 Å². The van der Waals surface area contributed by atoms with Crippen LogP contribution in [0.15, 0.2) is 34.2 Å². The molecule has 0 radical (unpaired) electrons. The van der Waals surface area contributed by atoms with Crippen molar-refractivity contribution in [2.75, 3.05) is 12.9 Å². The molecule has 1 fully saturated rings. The van der Waals surface area contributed by atoms with Crippen molar-refractivity contribution in [3.05, 3.63) is 34.6 Å². The molecule has 1 heterocycles. The molecule has 3 rings (SSSR count). The maximum Gasteiger partial charge on any atom is 0.278 e. The third kappa shape index (κ3) is 5.09. The second-order valence-corrected chi connectivity index (χ2v) is 7.72. The Morgan fingerprint density at radius 3 is 2.67 bits per heavy atom. The van der Waals surface area contributed by atoms with Crippen LogP contribution in [0.25, 0.3) is 11.3 Å². The summed E-state index contributed by atoms with van der Waals surface area (Å²) in [7, 11) is 1.58. The summed E-state index contributed by atoms with van der Waals surface area (Å²) in [4.78, 5) is 27.2. The average Bonchev–Trinajstić information content (AvgIpc) is 2.68. The molecule has 27 heavy (non-hydrogen) atoms. The van der Waals surface area contributed by atoms with Crippen LogP contribution < -0.4 is 15.6 Å². The third-order valence-corrected chi connectivity index (χ3v) is 5.70. The summed E-state index contributed by atoms with van der Waals surface area (Å²) in [6, 6.07) is 7.27. The van der Waals surface area contributed by atoms with Crippen LogP contribution in [-0.4, -0.2) is 40.0 Å². The number of H-pyrrole nitrogens is 1. The minimum atomic E-state index is -0.334. The van der Waals surface area contributed by atoms with Crippen LogP contribution in [0.2, 0.25) is 0 Å². The Balaban J connectivity index is 1.58. The van der Waals surface area contributed by atoms with Crippen molar-refractivity contribution in [3.8, 4) is 17.0 Å². The smallest absolute Gasteiger partial charge is 0.278 e. The predicted molar refractivity (Wildman–Crippen MR) is 105 cm³/mol. The molecule has 1 aromatic carbocycles. The minimum absolute atomic E-state index is 0.0411. The summed E-state index contributed by atoms with van der Waals surface area (Å²) >= 11 is 1.18. The van der Waals surface area contributed by atoms with Gasteiger partial charge in [0, 0.05) is 11.6 Å². The first kappa shape index (κ1) is 19.4. The Morgan fingerprint density at radius 1 is 1.26 bits per heavy atom. The number of nitrogens with one attached hydrogen (secondary N) is 2. The third-order valence-electron chi connectivity index (χ3n) is 4.84. The summed E-state index contributed by atoms with van der Waals surface area (Å²) in [5.74, 6) is 1.38. The van der Waals surface area contributed by atoms with E-state index in [2.05, 4.69) is 27.4 Å². The average molecular weight is 388 g/mol. The van der Waals surface area contributed by atoms with E-state index < -0.39 is 0 Å². The quantitative estimate of drug-likeness (QED) is 0.739. The Hall–Kier alpha value is -2.35. The van der Waals surface area contributed by atoms with Crippen molar-refractivity contribution >= 4 is 17.7 Å². The molecule has 1 aliphatic carbocycles. The van der Waals surface area contributed by atoms with Crippen LogP contribution in [0, 0.1) is 5.92 Å². The second-order valence-electron chi connectivity index (χ2n) is 6.76. The van der Waals surface area contributed by atoms with Gasteiger partial charge in [-0.1, -0.05) is 31.5 Å². The SMILES string of the molecule is COc1ccc(-c2nnc(SCC(=O)NC3CCCCC3C)[nH]c2=O)cc1. The first-order chi connectivity index (χ1) is 13.1. The molecular weight excluding hydrogens is 364 g/mol. The number of thioether (sulfide) groups is 1. The van der Waals surface area contributed by atoms with Gasteiger partial charge in [-0.15, -0.1) is 10.2 Å². The Morgan fingerprint density at radius 2 is 2.00 bits per heavy atom. The minimum Gasteiger partial charge on any atom is -0.497 e. The fraction of sp³-hybridized carbons (Fsp3) is 0.474. The Bertz CT molecular complexity index is 838. The normalized spacial score (nSPS) is 19.5. The number of aromatic nitrogens is 3. The number of benzene rings is 1.